The molecule has 1 aliphatic carbocycles. The SMILES string of the molecule is O=C(O)C1CCN(C(=O)N2CCOC3CCCC32)C1. The van der Waals surface area contributed by atoms with E-state index in [1.165, 1.54) is 0 Å². The summed E-state index contributed by atoms with van der Waals surface area (Å²) in [5.41, 5.74) is 0. The first-order valence-electron chi connectivity index (χ1n) is 7.07. The quantitative estimate of drug-likeness (QED) is 0.762. The maximum atomic E-state index is 12.5. The fourth-order valence-corrected chi connectivity index (χ4v) is 3.48. The molecule has 6 heteroatoms. The number of hydrogen-bond donors (Lipinski definition) is 1. The molecule has 3 unspecified atom stereocenters. The average Bonchev–Trinajstić information content (AvgIpc) is 3.06. The van der Waals surface area contributed by atoms with Crippen LogP contribution in [0.2, 0.25) is 0 Å². The van der Waals surface area contributed by atoms with Crippen LogP contribution in [0.1, 0.15) is 25.7 Å². The molecule has 3 fully saturated rings. The number of carbonyl (C=O) groups is 2. The zero-order chi connectivity index (χ0) is 13.4. The number of ether oxygens (including phenoxy) is 1. The second kappa shape index (κ2) is 5.00. The maximum Gasteiger partial charge on any atom is 0.320 e. The number of aliphatic carboxylic acids is 1. The fourth-order valence-electron chi connectivity index (χ4n) is 3.48. The van der Waals surface area contributed by atoms with E-state index in [0.717, 1.165) is 19.3 Å². The zero-order valence-corrected chi connectivity index (χ0v) is 11.0. The van der Waals surface area contributed by atoms with Gasteiger partial charge in [-0.1, -0.05) is 0 Å². The molecule has 3 atom stereocenters. The summed E-state index contributed by atoms with van der Waals surface area (Å²) in [7, 11) is 0. The summed E-state index contributed by atoms with van der Waals surface area (Å²) >= 11 is 0. The van der Waals surface area contributed by atoms with E-state index < -0.39 is 11.9 Å². The van der Waals surface area contributed by atoms with Gasteiger partial charge in [0.25, 0.3) is 0 Å². The Morgan fingerprint density at radius 3 is 2.74 bits per heavy atom. The number of carbonyl (C=O) groups excluding carboxylic acids is 1. The number of amides is 2. The molecule has 106 valence electrons. The van der Waals surface area contributed by atoms with Crippen LogP contribution in [0.15, 0.2) is 0 Å². The lowest BCUT2D eigenvalue weighted by Crippen LogP contribution is -2.55. The normalized spacial score (nSPS) is 34.4. The van der Waals surface area contributed by atoms with Crippen molar-refractivity contribution < 1.29 is 19.4 Å². The van der Waals surface area contributed by atoms with Gasteiger partial charge in [0, 0.05) is 19.6 Å². The van der Waals surface area contributed by atoms with Crippen LogP contribution >= 0.6 is 0 Å². The van der Waals surface area contributed by atoms with Crippen LogP contribution in [0.25, 0.3) is 0 Å². The number of urea groups is 1. The Morgan fingerprint density at radius 2 is 2.00 bits per heavy atom. The second-order valence-electron chi connectivity index (χ2n) is 5.65. The Balaban J connectivity index is 1.65. The van der Waals surface area contributed by atoms with Crippen molar-refractivity contribution in [3.05, 3.63) is 0 Å². The first-order valence-corrected chi connectivity index (χ1v) is 7.07. The van der Waals surface area contributed by atoms with Crippen LogP contribution in [0.4, 0.5) is 4.79 Å². The summed E-state index contributed by atoms with van der Waals surface area (Å²) in [5.74, 6) is -1.19. The van der Waals surface area contributed by atoms with Crippen LogP contribution in [-0.4, -0.2) is 65.3 Å². The first kappa shape index (κ1) is 12.7. The summed E-state index contributed by atoms with van der Waals surface area (Å²) < 4.78 is 5.70. The first-order chi connectivity index (χ1) is 9.16. The highest BCUT2D eigenvalue weighted by Crippen LogP contribution is 2.31. The molecular weight excluding hydrogens is 248 g/mol. The third kappa shape index (κ3) is 2.29. The molecule has 0 aromatic rings. The van der Waals surface area contributed by atoms with Crippen molar-refractivity contribution in [3.8, 4) is 0 Å². The lowest BCUT2D eigenvalue weighted by molar-refractivity contribution is -0.141. The molecule has 2 amide bonds. The summed E-state index contributed by atoms with van der Waals surface area (Å²) in [4.78, 5) is 27.1. The van der Waals surface area contributed by atoms with Crippen molar-refractivity contribution in [1.29, 1.82) is 0 Å². The van der Waals surface area contributed by atoms with E-state index in [1.54, 1.807) is 4.90 Å². The van der Waals surface area contributed by atoms with Crippen LogP contribution < -0.4 is 0 Å². The number of likely N-dealkylation sites (tertiary alicyclic amines) is 1. The molecule has 2 aliphatic heterocycles. The van der Waals surface area contributed by atoms with Gasteiger partial charge in [0.1, 0.15) is 0 Å². The highest BCUT2D eigenvalue weighted by atomic mass is 16.5. The topological polar surface area (TPSA) is 70.1 Å². The Hall–Kier alpha value is -1.30. The number of hydrogen-bond acceptors (Lipinski definition) is 3. The number of rotatable bonds is 1. The third-order valence-electron chi connectivity index (χ3n) is 4.54. The van der Waals surface area contributed by atoms with Gasteiger partial charge in [0.2, 0.25) is 0 Å². The zero-order valence-electron chi connectivity index (χ0n) is 11.0. The van der Waals surface area contributed by atoms with Crippen molar-refractivity contribution >= 4 is 12.0 Å². The molecule has 0 bridgehead atoms. The molecule has 1 saturated carbocycles. The number of carboxylic acid groups (broad SMARTS) is 1. The molecule has 0 aromatic heterocycles. The summed E-state index contributed by atoms with van der Waals surface area (Å²) in [6, 6.07) is 0.203. The Morgan fingerprint density at radius 1 is 1.16 bits per heavy atom. The van der Waals surface area contributed by atoms with Gasteiger partial charge in [0.15, 0.2) is 0 Å². The number of fused-ring (bicyclic) bond motifs is 1. The van der Waals surface area contributed by atoms with E-state index in [-0.39, 0.29) is 18.2 Å². The highest BCUT2D eigenvalue weighted by Gasteiger charge is 2.41. The van der Waals surface area contributed by atoms with E-state index in [2.05, 4.69) is 0 Å². The summed E-state index contributed by atoms with van der Waals surface area (Å²) in [5, 5.41) is 9.00. The number of carboxylic acids is 1. The third-order valence-corrected chi connectivity index (χ3v) is 4.54. The predicted octanol–water partition coefficient (Wildman–Crippen LogP) is 0.766. The van der Waals surface area contributed by atoms with Crippen LogP contribution in [0.3, 0.4) is 0 Å². The average molecular weight is 268 g/mol. The molecule has 3 aliphatic rings. The van der Waals surface area contributed by atoms with Gasteiger partial charge in [-0.05, 0) is 25.7 Å². The molecule has 0 radical (unpaired) electrons. The van der Waals surface area contributed by atoms with E-state index in [9.17, 15) is 9.59 Å². The minimum Gasteiger partial charge on any atom is -0.481 e. The number of nitrogens with zero attached hydrogens (tertiary/aromatic N) is 2. The summed E-state index contributed by atoms with van der Waals surface area (Å²) in [6.07, 6.45) is 3.91. The lowest BCUT2D eigenvalue weighted by Gasteiger charge is -2.39. The van der Waals surface area contributed by atoms with Gasteiger partial charge in [-0.3, -0.25) is 4.79 Å². The number of morpholine rings is 1. The smallest absolute Gasteiger partial charge is 0.320 e. The molecule has 2 heterocycles. The largest absolute Gasteiger partial charge is 0.481 e. The van der Waals surface area contributed by atoms with Gasteiger partial charge in [0.05, 0.1) is 24.7 Å². The van der Waals surface area contributed by atoms with Crippen LogP contribution in [0.5, 0.6) is 0 Å². The van der Waals surface area contributed by atoms with Crippen molar-refractivity contribution in [2.75, 3.05) is 26.2 Å². The molecule has 0 aromatic carbocycles. The fraction of sp³-hybridized carbons (Fsp3) is 0.846. The predicted molar refractivity (Wildman–Crippen MR) is 66.8 cm³/mol. The lowest BCUT2D eigenvalue weighted by atomic mass is 10.1. The Kier molecular flexibility index (Phi) is 3.35. The standard InChI is InChI=1S/C13H20N2O4/c16-12(17)9-4-5-14(8-9)13(18)15-6-7-19-11-3-1-2-10(11)15/h9-11H,1-8H2,(H,16,17). The second-order valence-corrected chi connectivity index (χ2v) is 5.65. The van der Waals surface area contributed by atoms with Gasteiger partial charge >= 0.3 is 12.0 Å². The minimum absolute atomic E-state index is 0.00366. The molecular formula is C13H20N2O4. The Bertz CT molecular complexity index is 387. The monoisotopic (exact) mass is 268 g/mol. The van der Waals surface area contributed by atoms with E-state index in [4.69, 9.17) is 9.84 Å². The molecule has 6 nitrogen and oxygen atoms in total. The maximum absolute atomic E-state index is 12.5. The van der Waals surface area contributed by atoms with Gasteiger partial charge in [-0.2, -0.15) is 0 Å². The van der Waals surface area contributed by atoms with Crippen LogP contribution in [0, 0.1) is 5.92 Å². The van der Waals surface area contributed by atoms with E-state index in [0.29, 0.717) is 32.7 Å². The van der Waals surface area contributed by atoms with Gasteiger partial charge in [-0.15, -0.1) is 0 Å². The van der Waals surface area contributed by atoms with E-state index in [1.807, 2.05) is 4.90 Å². The molecule has 2 saturated heterocycles. The highest BCUT2D eigenvalue weighted by molar-refractivity contribution is 5.78. The van der Waals surface area contributed by atoms with Crippen molar-refractivity contribution in [2.24, 2.45) is 5.92 Å². The van der Waals surface area contributed by atoms with E-state index >= 15 is 0 Å². The van der Waals surface area contributed by atoms with Crippen molar-refractivity contribution in [2.45, 2.75) is 37.8 Å². The molecule has 19 heavy (non-hydrogen) atoms. The summed E-state index contributed by atoms with van der Waals surface area (Å²) in [6.45, 7) is 2.14. The molecule has 1 N–H and O–H groups in total. The Labute approximate surface area is 112 Å². The van der Waals surface area contributed by atoms with Gasteiger partial charge in [-0.25, -0.2) is 4.79 Å². The van der Waals surface area contributed by atoms with Gasteiger partial charge < -0.3 is 19.6 Å². The minimum atomic E-state index is -0.795. The molecule has 3 rings (SSSR count). The van der Waals surface area contributed by atoms with Crippen LogP contribution in [-0.2, 0) is 9.53 Å². The van der Waals surface area contributed by atoms with Crippen molar-refractivity contribution in [1.82, 2.24) is 9.80 Å². The van der Waals surface area contributed by atoms with Crippen molar-refractivity contribution in [3.63, 3.8) is 0 Å². The molecule has 0 spiro atoms.